The lowest BCUT2D eigenvalue weighted by atomic mass is 9.95. The molecule has 2 aromatic carbocycles. The maximum absolute atomic E-state index is 13.1. The number of unbranched alkanes of at least 4 members (excludes halogenated alkanes) is 1. The van der Waals surface area contributed by atoms with Gasteiger partial charge >= 0.3 is 0 Å². The van der Waals surface area contributed by atoms with Gasteiger partial charge in [-0.3, -0.25) is 4.79 Å². The molecular weight excluding hydrogens is 390 g/mol. The molecule has 0 radical (unpaired) electrons. The van der Waals surface area contributed by atoms with Gasteiger partial charge in [-0.15, -0.1) is 10.2 Å². The van der Waals surface area contributed by atoms with Crippen molar-refractivity contribution in [1.82, 2.24) is 25.6 Å². The van der Waals surface area contributed by atoms with Gasteiger partial charge < -0.3 is 9.72 Å². The Bertz CT molecular complexity index is 1230. The zero-order valence-electron chi connectivity index (χ0n) is 17.9. The second-order valence-electron chi connectivity index (χ2n) is 7.56. The SMILES string of the molecule is CCCCOc1ccc(-c2cc(-c3ccc(C)c(C)c3)c(-c3nn[nH]n3)c(=O)[nH]2)cc1. The Morgan fingerprint density at radius 2 is 1.74 bits per heavy atom. The van der Waals surface area contributed by atoms with Crippen LogP contribution < -0.4 is 10.3 Å². The molecule has 31 heavy (non-hydrogen) atoms. The molecule has 0 unspecified atom stereocenters. The second-order valence-corrected chi connectivity index (χ2v) is 7.56. The van der Waals surface area contributed by atoms with Gasteiger partial charge in [0.05, 0.1) is 12.2 Å². The summed E-state index contributed by atoms with van der Waals surface area (Å²) >= 11 is 0. The van der Waals surface area contributed by atoms with E-state index in [0.717, 1.165) is 40.8 Å². The van der Waals surface area contributed by atoms with Gasteiger partial charge in [-0.2, -0.15) is 5.21 Å². The van der Waals surface area contributed by atoms with Gasteiger partial charge in [-0.1, -0.05) is 31.5 Å². The number of rotatable bonds is 7. The predicted octanol–water partition coefficient (Wildman–Crippen LogP) is 4.68. The summed E-state index contributed by atoms with van der Waals surface area (Å²) in [5, 5.41) is 14.1. The largest absolute Gasteiger partial charge is 0.494 e. The Labute approximate surface area is 180 Å². The van der Waals surface area contributed by atoms with Crippen LogP contribution in [0.4, 0.5) is 0 Å². The summed E-state index contributed by atoms with van der Waals surface area (Å²) in [7, 11) is 0. The van der Waals surface area contributed by atoms with Crippen molar-refractivity contribution >= 4 is 0 Å². The van der Waals surface area contributed by atoms with E-state index in [1.165, 1.54) is 5.56 Å². The minimum Gasteiger partial charge on any atom is -0.494 e. The summed E-state index contributed by atoms with van der Waals surface area (Å²) in [5.41, 5.74) is 5.74. The summed E-state index contributed by atoms with van der Waals surface area (Å²) in [6.45, 7) is 6.95. The lowest BCUT2D eigenvalue weighted by Crippen LogP contribution is -2.12. The van der Waals surface area contributed by atoms with Gasteiger partial charge in [0, 0.05) is 11.3 Å². The maximum atomic E-state index is 13.1. The molecule has 158 valence electrons. The van der Waals surface area contributed by atoms with Crippen LogP contribution in [0.3, 0.4) is 0 Å². The topological polar surface area (TPSA) is 96.6 Å². The zero-order chi connectivity index (χ0) is 21.8. The van der Waals surface area contributed by atoms with Crippen LogP contribution in [-0.2, 0) is 0 Å². The molecule has 0 spiro atoms. The molecule has 2 heterocycles. The Kier molecular flexibility index (Phi) is 5.93. The first kappa shape index (κ1) is 20.5. The third-order valence-corrected chi connectivity index (χ3v) is 5.35. The Morgan fingerprint density at radius 1 is 0.968 bits per heavy atom. The fraction of sp³-hybridized carbons (Fsp3) is 0.250. The van der Waals surface area contributed by atoms with Crippen molar-refractivity contribution in [2.24, 2.45) is 0 Å². The van der Waals surface area contributed by atoms with Gasteiger partial charge in [-0.05, 0) is 78.1 Å². The highest BCUT2D eigenvalue weighted by molar-refractivity contribution is 5.83. The summed E-state index contributed by atoms with van der Waals surface area (Å²) in [5.74, 6) is 1.08. The van der Waals surface area contributed by atoms with Crippen molar-refractivity contribution in [1.29, 1.82) is 0 Å². The first-order chi connectivity index (χ1) is 15.1. The number of tetrazole rings is 1. The molecule has 4 rings (SSSR count). The predicted molar refractivity (Wildman–Crippen MR) is 121 cm³/mol. The van der Waals surface area contributed by atoms with E-state index in [1.807, 2.05) is 42.5 Å². The van der Waals surface area contributed by atoms with Crippen LogP contribution >= 0.6 is 0 Å². The molecule has 7 heteroatoms. The smallest absolute Gasteiger partial charge is 0.260 e. The molecule has 0 aliphatic rings. The first-order valence-electron chi connectivity index (χ1n) is 10.4. The van der Waals surface area contributed by atoms with Gasteiger partial charge in [0.15, 0.2) is 0 Å². The first-order valence-corrected chi connectivity index (χ1v) is 10.4. The average Bonchev–Trinajstić information content (AvgIpc) is 3.30. The fourth-order valence-electron chi connectivity index (χ4n) is 3.41. The van der Waals surface area contributed by atoms with E-state index in [9.17, 15) is 4.79 Å². The van der Waals surface area contributed by atoms with Gasteiger partial charge in [0.25, 0.3) is 5.56 Å². The average molecular weight is 415 g/mol. The van der Waals surface area contributed by atoms with Crippen molar-refractivity contribution in [2.75, 3.05) is 6.61 Å². The van der Waals surface area contributed by atoms with Crippen LogP contribution in [0.15, 0.2) is 53.3 Å². The number of hydrogen-bond donors (Lipinski definition) is 2. The van der Waals surface area contributed by atoms with E-state index < -0.39 is 0 Å². The van der Waals surface area contributed by atoms with Crippen LogP contribution in [0.1, 0.15) is 30.9 Å². The lowest BCUT2D eigenvalue weighted by molar-refractivity contribution is 0.309. The van der Waals surface area contributed by atoms with E-state index in [4.69, 9.17) is 4.74 Å². The zero-order valence-corrected chi connectivity index (χ0v) is 17.9. The molecule has 0 amide bonds. The number of benzene rings is 2. The number of nitrogens with zero attached hydrogens (tertiary/aromatic N) is 3. The monoisotopic (exact) mass is 415 g/mol. The highest BCUT2D eigenvalue weighted by atomic mass is 16.5. The van der Waals surface area contributed by atoms with Crippen molar-refractivity contribution in [3.05, 3.63) is 70.0 Å². The highest BCUT2D eigenvalue weighted by Gasteiger charge is 2.18. The molecule has 7 nitrogen and oxygen atoms in total. The number of aromatic amines is 2. The van der Waals surface area contributed by atoms with Crippen molar-refractivity contribution in [2.45, 2.75) is 33.6 Å². The van der Waals surface area contributed by atoms with Crippen LogP contribution in [0.2, 0.25) is 0 Å². The molecule has 2 aromatic heterocycles. The number of aryl methyl sites for hydroxylation is 2. The maximum Gasteiger partial charge on any atom is 0.260 e. The summed E-state index contributed by atoms with van der Waals surface area (Å²) in [6, 6.07) is 15.8. The number of ether oxygens (including phenoxy) is 1. The molecule has 0 bridgehead atoms. The van der Waals surface area contributed by atoms with Crippen LogP contribution in [-0.4, -0.2) is 32.2 Å². The molecule has 0 saturated heterocycles. The van der Waals surface area contributed by atoms with Crippen molar-refractivity contribution < 1.29 is 4.74 Å². The molecule has 2 N–H and O–H groups in total. The number of nitrogens with one attached hydrogen (secondary N) is 2. The molecular formula is C24H25N5O2. The van der Waals surface area contributed by atoms with Gasteiger partial charge in [-0.25, -0.2) is 0 Å². The number of pyridine rings is 1. The van der Waals surface area contributed by atoms with E-state index in [0.29, 0.717) is 17.9 Å². The normalized spacial score (nSPS) is 10.9. The van der Waals surface area contributed by atoms with Gasteiger partial charge in [0.1, 0.15) is 5.75 Å². The molecule has 0 atom stereocenters. The highest BCUT2D eigenvalue weighted by Crippen LogP contribution is 2.32. The van der Waals surface area contributed by atoms with Gasteiger partial charge in [0.2, 0.25) is 5.82 Å². The van der Waals surface area contributed by atoms with Crippen molar-refractivity contribution in [3.63, 3.8) is 0 Å². The number of aromatic nitrogens is 5. The van der Waals surface area contributed by atoms with E-state index in [2.05, 4.69) is 52.4 Å². The number of hydrogen-bond acceptors (Lipinski definition) is 5. The molecule has 0 aliphatic heterocycles. The molecule has 0 aliphatic carbocycles. The lowest BCUT2D eigenvalue weighted by Gasteiger charge is -2.12. The van der Waals surface area contributed by atoms with E-state index in [1.54, 1.807) is 0 Å². The van der Waals surface area contributed by atoms with Crippen LogP contribution in [0.5, 0.6) is 5.75 Å². The molecule has 0 fully saturated rings. The van der Waals surface area contributed by atoms with Crippen LogP contribution in [0.25, 0.3) is 33.8 Å². The molecule has 0 saturated carbocycles. The standard InChI is InChI=1S/C24H25N5O2/c1-4-5-12-31-19-10-8-17(9-11-19)21-14-20(18-7-6-15(2)16(3)13-18)22(24(30)25-21)23-26-28-29-27-23/h6-11,13-14H,4-5,12H2,1-3H3,(H,25,30)(H,26,27,28,29). The minimum absolute atomic E-state index is 0.265. The molecule has 4 aromatic rings. The third kappa shape index (κ3) is 4.40. The summed E-state index contributed by atoms with van der Waals surface area (Å²) in [6.07, 6.45) is 2.11. The Hall–Kier alpha value is -3.74. The summed E-state index contributed by atoms with van der Waals surface area (Å²) in [4.78, 5) is 16.1. The van der Waals surface area contributed by atoms with Crippen molar-refractivity contribution in [3.8, 4) is 39.5 Å². The fourth-order valence-corrected chi connectivity index (χ4v) is 3.41. The van der Waals surface area contributed by atoms with E-state index >= 15 is 0 Å². The minimum atomic E-state index is -0.268. The van der Waals surface area contributed by atoms with Crippen LogP contribution in [0, 0.1) is 13.8 Å². The number of H-pyrrole nitrogens is 2. The second kappa shape index (κ2) is 8.95. The third-order valence-electron chi connectivity index (χ3n) is 5.35. The van der Waals surface area contributed by atoms with E-state index in [-0.39, 0.29) is 11.4 Å². The summed E-state index contributed by atoms with van der Waals surface area (Å²) < 4.78 is 5.75. The Balaban J connectivity index is 1.79. The Morgan fingerprint density at radius 3 is 2.42 bits per heavy atom. The quantitative estimate of drug-likeness (QED) is 0.427.